The van der Waals surface area contributed by atoms with Crippen LogP contribution in [0.5, 0.6) is 0 Å². The Morgan fingerprint density at radius 3 is 2.86 bits per heavy atom. The summed E-state index contributed by atoms with van der Waals surface area (Å²) in [7, 11) is 0. The first-order valence-electron chi connectivity index (χ1n) is 7.18. The van der Waals surface area contributed by atoms with E-state index in [4.69, 9.17) is 4.52 Å². The third kappa shape index (κ3) is 3.28. The maximum Gasteiger partial charge on any atom is 0.241 e. The molecule has 0 aliphatic carbocycles. The summed E-state index contributed by atoms with van der Waals surface area (Å²) < 4.78 is 18.2. The third-order valence-electron chi connectivity index (χ3n) is 3.80. The molecule has 1 N–H and O–H groups in total. The molecule has 2 aromatic rings. The van der Waals surface area contributed by atoms with Crippen LogP contribution in [0.4, 0.5) is 4.39 Å². The molecule has 0 radical (unpaired) electrons. The Morgan fingerprint density at radius 2 is 2.10 bits per heavy atom. The molecule has 1 aromatic heterocycles. The van der Waals surface area contributed by atoms with Crippen LogP contribution in [0.25, 0.3) is 11.4 Å². The van der Waals surface area contributed by atoms with Gasteiger partial charge in [-0.15, -0.1) is 0 Å². The number of hydrogen-bond acceptors (Lipinski definition) is 5. The zero-order valence-corrected chi connectivity index (χ0v) is 12.2. The Bertz CT molecular complexity index is 598. The van der Waals surface area contributed by atoms with Crippen molar-refractivity contribution in [2.45, 2.75) is 32.5 Å². The molecule has 0 amide bonds. The lowest BCUT2D eigenvalue weighted by Gasteiger charge is -2.36. The molecule has 2 heterocycles. The summed E-state index contributed by atoms with van der Waals surface area (Å²) in [6.07, 6.45) is 0. The summed E-state index contributed by atoms with van der Waals surface area (Å²) >= 11 is 0. The van der Waals surface area contributed by atoms with Crippen molar-refractivity contribution < 1.29 is 8.91 Å². The van der Waals surface area contributed by atoms with Crippen molar-refractivity contribution in [1.82, 2.24) is 20.4 Å². The second kappa shape index (κ2) is 5.91. The van der Waals surface area contributed by atoms with Crippen molar-refractivity contribution in [3.8, 4) is 11.4 Å². The highest BCUT2D eigenvalue weighted by molar-refractivity contribution is 5.53. The van der Waals surface area contributed by atoms with Gasteiger partial charge in [0, 0.05) is 30.7 Å². The molecule has 0 saturated carbocycles. The normalized spacial score (nSPS) is 23.4. The predicted molar refractivity (Wildman–Crippen MR) is 77.0 cm³/mol. The molecule has 0 bridgehead atoms. The molecular formula is C15H19FN4O. The summed E-state index contributed by atoms with van der Waals surface area (Å²) in [6, 6.07) is 6.98. The van der Waals surface area contributed by atoms with Gasteiger partial charge in [-0.05, 0) is 38.1 Å². The quantitative estimate of drug-likeness (QED) is 0.937. The Balaban J connectivity index is 1.71. The van der Waals surface area contributed by atoms with E-state index in [1.165, 1.54) is 12.1 Å². The minimum absolute atomic E-state index is 0.272. The molecule has 2 atom stereocenters. The van der Waals surface area contributed by atoms with Gasteiger partial charge in [-0.25, -0.2) is 4.39 Å². The first kappa shape index (κ1) is 14.2. The van der Waals surface area contributed by atoms with Crippen LogP contribution >= 0.6 is 0 Å². The highest BCUT2D eigenvalue weighted by Gasteiger charge is 2.24. The van der Waals surface area contributed by atoms with Gasteiger partial charge in [0.2, 0.25) is 11.7 Å². The number of benzene rings is 1. The zero-order chi connectivity index (χ0) is 14.8. The molecule has 3 rings (SSSR count). The number of halogens is 1. The van der Waals surface area contributed by atoms with Gasteiger partial charge >= 0.3 is 0 Å². The first-order chi connectivity index (χ1) is 10.1. The molecule has 0 spiro atoms. The minimum Gasteiger partial charge on any atom is -0.338 e. The van der Waals surface area contributed by atoms with Gasteiger partial charge in [0.25, 0.3) is 0 Å². The van der Waals surface area contributed by atoms with Crippen LogP contribution in [-0.4, -0.2) is 40.2 Å². The summed E-state index contributed by atoms with van der Waals surface area (Å²) in [5.74, 6) is 0.821. The molecule has 21 heavy (non-hydrogen) atoms. The maximum atomic E-state index is 12.9. The standard InChI is InChI=1S/C15H19FN4O/c1-10-8-20(11(2)7-17-10)9-14-18-15(19-21-14)12-3-5-13(16)6-4-12/h3-6,10-11,17H,7-9H2,1-2H3. The summed E-state index contributed by atoms with van der Waals surface area (Å²) in [5, 5.41) is 7.41. The van der Waals surface area contributed by atoms with Gasteiger partial charge in [0.15, 0.2) is 0 Å². The summed E-state index contributed by atoms with van der Waals surface area (Å²) in [4.78, 5) is 6.72. The smallest absolute Gasteiger partial charge is 0.241 e. The van der Waals surface area contributed by atoms with Crippen LogP contribution in [0.3, 0.4) is 0 Å². The van der Waals surface area contributed by atoms with E-state index < -0.39 is 0 Å². The van der Waals surface area contributed by atoms with E-state index in [0.29, 0.717) is 30.3 Å². The van der Waals surface area contributed by atoms with Gasteiger partial charge in [-0.2, -0.15) is 4.98 Å². The van der Waals surface area contributed by atoms with Crippen molar-refractivity contribution in [3.05, 3.63) is 36.0 Å². The Labute approximate surface area is 123 Å². The monoisotopic (exact) mass is 290 g/mol. The Hall–Kier alpha value is -1.79. The highest BCUT2D eigenvalue weighted by atomic mass is 19.1. The molecule has 2 unspecified atom stereocenters. The van der Waals surface area contributed by atoms with Gasteiger partial charge < -0.3 is 9.84 Å². The van der Waals surface area contributed by atoms with E-state index in [1.807, 2.05) is 0 Å². The average molecular weight is 290 g/mol. The van der Waals surface area contributed by atoms with Crippen molar-refractivity contribution in [1.29, 1.82) is 0 Å². The summed E-state index contributed by atoms with van der Waals surface area (Å²) in [6.45, 7) is 6.89. The molecule has 1 aliphatic heterocycles. The number of nitrogens with zero attached hydrogens (tertiary/aromatic N) is 3. The zero-order valence-electron chi connectivity index (χ0n) is 12.2. The van der Waals surface area contributed by atoms with E-state index in [-0.39, 0.29) is 5.82 Å². The summed E-state index contributed by atoms with van der Waals surface area (Å²) in [5.41, 5.74) is 0.758. The molecule has 6 heteroatoms. The number of nitrogens with one attached hydrogen (secondary N) is 1. The largest absolute Gasteiger partial charge is 0.338 e. The number of rotatable bonds is 3. The van der Waals surface area contributed by atoms with Gasteiger partial charge in [0.05, 0.1) is 6.54 Å². The topological polar surface area (TPSA) is 54.2 Å². The molecular weight excluding hydrogens is 271 g/mol. The fraction of sp³-hybridized carbons (Fsp3) is 0.467. The van der Waals surface area contributed by atoms with Crippen molar-refractivity contribution in [3.63, 3.8) is 0 Å². The van der Waals surface area contributed by atoms with E-state index >= 15 is 0 Å². The molecule has 1 fully saturated rings. The first-order valence-corrected chi connectivity index (χ1v) is 7.18. The number of aromatic nitrogens is 2. The highest BCUT2D eigenvalue weighted by Crippen LogP contribution is 2.18. The lowest BCUT2D eigenvalue weighted by molar-refractivity contribution is 0.123. The molecule has 1 aliphatic rings. The molecule has 1 saturated heterocycles. The van der Waals surface area contributed by atoms with Crippen LogP contribution in [0.2, 0.25) is 0 Å². The fourth-order valence-corrected chi connectivity index (χ4v) is 2.53. The van der Waals surface area contributed by atoms with Gasteiger partial charge in [0.1, 0.15) is 5.82 Å². The van der Waals surface area contributed by atoms with Crippen LogP contribution in [-0.2, 0) is 6.54 Å². The second-order valence-electron chi connectivity index (χ2n) is 5.61. The van der Waals surface area contributed by atoms with Crippen LogP contribution in [0.1, 0.15) is 19.7 Å². The van der Waals surface area contributed by atoms with Crippen molar-refractivity contribution in [2.24, 2.45) is 0 Å². The molecule has 1 aromatic carbocycles. The number of piperazine rings is 1. The molecule has 5 nitrogen and oxygen atoms in total. The van der Waals surface area contributed by atoms with Crippen LogP contribution in [0.15, 0.2) is 28.8 Å². The van der Waals surface area contributed by atoms with Gasteiger partial charge in [-0.1, -0.05) is 5.16 Å². The lowest BCUT2D eigenvalue weighted by Crippen LogP contribution is -2.53. The second-order valence-corrected chi connectivity index (χ2v) is 5.61. The fourth-order valence-electron chi connectivity index (χ4n) is 2.53. The Morgan fingerprint density at radius 1 is 1.33 bits per heavy atom. The van der Waals surface area contributed by atoms with E-state index in [2.05, 4.69) is 34.2 Å². The SMILES string of the molecule is CC1CN(Cc2nc(-c3ccc(F)cc3)no2)C(C)CN1. The van der Waals surface area contributed by atoms with E-state index in [9.17, 15) is 4.39 Å². The van der Waals surface area contributed by atoms with E-state index in [1.54, 1.807) is 12.1 Å². The number of hydrogen-bond donors (Lipinski definition) is 1. The maximum absolute atomic E-state index is 12.9. The lowest BCUT2D eigenvalue weighted by atomic mass is 10.1. The van der Waals surface area contributed by atoms with Crippen LogP contribution in [0, 0.1) is 5.82 Å². The predicted octanol–water partition coefficient (Wildman–Crippen LogP) is 2.06. The van der Waals surface area contributed by atoms with Crippen molar-refractivity contribution in [2.75, 3.05) is 13.1 Å². The van der Waals surface area contributed by atoms with Crippen LogP contribution < -0.4 is 5.32 Å². The third-order valence-corrected chi connectivity index (χ3v) is 3.80. The van der Waals surface area contributed by atoms with Crippen molar-refractivity contribution >= 4 is 0 Å². The average Bonchev–Trinajstić information content (AvgIpc) is 2.92. The molecule has 112 valence electrons. The minimum atomic E-state index is -0.272. The Kier molecular flexibility index (Phi) is 3.98. The van der Waals surface area contributed by atoms with E-state index in [0.717, 1.165) is 18.7 Å². The van der Waals surface area contributed by atoms with Gasteiger partial charge in [-0.3, -0.25) is 4.90 Å².